The third-order valence-electron chi connectivity index (χ3n) is 7.13. The van der Waals surface area contributed by atoms with Gasteiger partial charge in [-0.3, -0.25) is 14.8 Å². The van der Waals surface area contributed by atoms with Gasteiger partial charge in [0, 0.05) is 36.8 Å². The van der Waals surface area contributed by atoms with Crippen molar-refractivity contribution >= 4 is 34.6 Å². The highest BCUT2D eigenvalue weighted by molar-refractivity contribution is 5.98. The number of nitrogen functional groups attached to an aromatic ring is 1. The average molecular weight is 530 g/mol. The zero-order valence-electron chi connectivity index (χ0n) is 22.3. The topological polar surface area (TPSA) is 127 Å². The number of carbonyl (C=O) groups excluding carboxylic acids is 1. The normalized spacial score (nSPS) is 17.1. The van der Waals surface area contributed by atoms with E-state index in [9.17, 15) is 4.79 Å². The summed E-state index contributed by atoms with van der Waals surface area (Å²) in [5.74, 6) is 6.40. The Balaban J connectivity index is 1.41. The summed E-state index contributed by atoms with van der Waals surface area (Å²) in [6, 6.07) is 16.9. The smallest absolute Gasteiger partial charge is 0.274 e. The third kappa shape index (κ3) is 4.47. The van der Waals surface area contributed by atoms with Crippen LogP contribution in [-0.2, 0) is 0 Å². The van der Waals surface area contributed by atoms with Crippen molar-refractivity contribution < 1.29 is 4.79 Å². The van der Waals surface area contributed by atoms with Crippen molar-refractivity contribution in [2.45, 2.75) is 25.9 Å². The number of hydrogen-bond donors (Lipinski definition) is 2. The van der Waals surface area contributed by atoms with Gasteiger partial charge in [0.15, 0.2) is 17.2 Å². The van der Waals surface area contributed by atoms with Crippen molar-refractivity contribution in [3.63, 3.8) is 0 Å². The Morgan fingerprint density at radius 1 is 1.10 bits per heavy atom. The van der Waals surface area contributed by atoms with Gasteiger partial charge in [-0.15, -0.1) is 0 Å². The van der Waals surface area contributed by atoms with Gasteiger partial charge >= 0.3 is 0 Å². The number of imidazole rings is 1. The average Bonchev–Trinajstić information content (AvgIpc) is 3.48. The van der Waals surface area contributed by atoms with Gasteiger partial charge in [-0.1, -0.05) is 42.2 Å². The number of hydrazone groups is 1. The fourth-order valence-corrected chi connectivity index (χ4v) is 4.76. The van der Waals surface area contributed by atoms with Gasteiger partial charge in [0.05, 0.1) is 34.8 Å². The van der Waals surface area contributed by atoms with E-state index in [1.165, 1.54) is 4.52 Å². The molecule has 40 heavy (non-hydrogen) atoms. The van der Waals surface area contributed by atoms with Crippen LogP contribution in [0.3, 0.4) is 0 Å². The first-order valence-corrected chi connectivity index (χ1v) is 12.9. The molecule has 10 nitrogen and oxygen atoms in total. The lowest BCUT2D eigenvalue weighted by molar-refractivity contribution is 0.0934. The van der Waals surface area contributed by atoms with Crippen LogP contribution in [0.1, 0.15) is 41.5 Å². The van der Waals surface area contributed by atoms with Crippen LogP contribution in [-0.4, -0.2) is 54.8 Å². The van der Waals surface area contributed by atoms with E-state index in [-0.39, 0.29) is 29.4 Å². The molecule has 0 spiro atoms. The largest absolute Gasteiger partial charge is 0.382 e. The molecule has 5 heterocycles. The van der Waals surface area contributed by atoms with Gasteiger partial charge in [-0.25, -0.2) is 14.5 Å². The third-order valence-corrected chi connectivity index (χ3v) is 7.13. The Hall–Kier alpha value is -5.30. The van der Waals surface area contributed by atoms with Gasteiger partial charge < -0.3 is 11.1 Å². The van der Waals surface area contributed by atoms with Gasteiger partial charge in [0.1, 0.15) is 5.52 Å². The molecule has 0 saturated heterocycles. The molecule has 1 aliphatic heterocycles. The summed E-state index contributed by atoms with van der Waals surface area (Å²) in [6.45, 7) is 4.00. The van der Waals surface area contributed by atoms with Crippen LogP contribution >= 0.6 is 0 Å². The first-order valence-electron chi connectivity index (χ1n) is 12.9. The lowest BCUT2D eigenvalue weighted by atomic mass is 9.98. The number of anilines is 1. The number of fused-ring (bicyclic) bond motifs is 2. The highest BCUT2D eigenvalue weighted by Gasteiger charge is 2.24. The zero-order valence-corrected chi connectivity index (χ0v) is 22.3. The molecule has 4 aromatic heterocycles. The molecule has 10 heteroatoms. The highest BCUT2D eigenvalue weighted by atomic mass is 16.2. The fraction of sp³-hybridized carbons (Fsp3) is 0.200. The van der Waals surface area contributed by atoms with Crippen LogP contribution in [0.4, 0.5) is 5.82 Å². The number of nitrogens with zero attached hydrogens (tertiary/aromatic N) is 7. The minimum atomic E-state index is -0.434. The van der Waals surface area contributed by atoms with Gasteiger partial charge in [0.2, 0.25) is 0 Å². The van der Waals surface area contributed by atoms with Gasteiger partial charge in [-0.2, -0.15) is 10.2 Å². The molecule has 1 aromatic carbocycles. The summed E-state index contributed by atoms with van der Waals surface area (Å²) in [6.07, 6.45) is 5.18. The molecule has 3 unspecified atom stereocenters. The van der Waals surface area contributed by atoms with Crippen LogP contribution in [0.2, 0.25) is 0 Å². The molecule has 1 amide bonds. The number of rotatable bonds is 4. The highest BCUT2D eigenvalue weighted by Crippen LogP contribution is 2.31. The number of pyridine rings is 2. The molecule has 198 valence electrons. The molecule has 0 aliphatic carbocycles. The summed E-state index contributed by atoms with van der Waals surface area (Å²) in [5, 5.41) is 13.6. The molecule has 6 rings (SSSR count). The minimum absolute atomic E-state index is 0.0258. The lowest BCUT2D eigenvalue weighted by Crippen LogP contribution is -2.29. The molecule has 0 radical (unpaired) electrons. The Bertz CT molecular complexity index is 1830. The maximum Gasteiger partial charge on any atom is 0.274 e. The predicted molar refractivity (Wildman–Crippen MR) is 154 cm³/mol. The second kappa shape index (κ2) is 10.1. The van der Waals surface area contributed by atoms with Crippen molar-refractivity contribution in [2.75, 3.05) is 12.8 Å². The van der Waals surface area contributed by atoms with E-state index >= 15 is 0 Å². The number of amides is 1. The number of nitrogens with one attached hydrogen (secondary N) is 1. The van der Waals surface area contributed by atoms with Gasteiger partial charge in [0.25, 0.3) is 5.91 Å². The number of benzene rings is 1. The quantitative estimate of drug-likeness (QED) is 0.340. The van der Waals surface area contributed by atoms with Crippen molar-refractivity contribution in [2.24, 2.45) is 11.0 Å². The van der Waals surface area contributed by atoms with E-state index in [4.69, 9.17) is 10.7 Å². The van der Waals surface area contributed by atoms with Crippen molar-refractivity contribution in [3.8, 4) is 23.1 Å². The summed E-state index contributed by atoms with van der Waals surface area (Å²) in [4.78, 5) is 27.3. The maximum absolute atomic E-state index is 13.4. The van der Waals surface area contributed by atoms with E-state index < -0.39 is 6.04 Å². The van der Waals surface area contributed by atoms with Gasteiger partial charge in [-0.05, 0) is 38.1 Å². The summed E-state index contributed by atoms with van der Waals surface area (Å²) >= 11 is 0. The summed E-state index contributed by atoms with van der Waals surface area (Å²) in [5.41, 5.74) is 11.4. The summed E-state index contributed by atoms with van der Waals surface area (Å²) < 4.78 is 1.44. The number of aromatic nitrogens is 5. The van der Waals surface area contributed by atoms with E-state index in [2.05, 4.69) is 44.2 Å². The Morgan fingerprint density at radius 2 is 1.93 bits per heavy atom. The predicted octanol–water partition coefficient (Wildman–Crippen LogP) is 3.70. The molecule has 0 fully saturated rings. The van der Waals surface area contributed by atoms with E-state index in [1.807, 2.05) is 67.7 Å². The number of carbonyl (C=O) groups is 1. The minimum Gasteiger partial charge on any atom is -0.382 e. The molecule has 3 atom stereocenters. The van der Waals surface area contributed by atoms with E-state index in [1.54, 1.807) is 24.5 Å². The molecular weight excluding hydrogens is 502 g/mol. The molecule has 5 aromatic rings. The first kappa shape index (κ1) is 25.0. The monoisotopic (exact) mass is 529 g/mol. The Labute approximate surface area is 231 Å². The standard InChI is InChI=1S/C30H27N9O/c1-18(35-30(40)28-29(31)36-25-10-7-14-33-39(25)28)23-16-24-27(37-26(23)20-8-5-4-6-9-20)21(13-15-32-24)11-12-22-17-34-38(3)19(22)2/h4-10,13-19,22H,31H2,1-3H3,(H,35,40). The van der Waals surface area contributed by atoms with Crippen molar-refractivity contribution in [1.82, 2.24) is 34.9 Å². The Morgan fingerprint density at radius 3 is 2.70 bits per heavy atom. The van der Waals surface area contributed by atoms with Crippen molar-refractivity contribution in [1.29, 1.82) is 0 Å². The summed E-state index contributed by atoms with van der Waals surface area (Å²) in [7, 11) is 1.94. The number of hydrogen-bond acceptors (Lipinski definition) is 8. The van der Waals surface area contributed by atoms with E-state index in [0.29, 0.717) is 16.7 Å². The molecule has 0 bridgehead atoms. The van der Waals surface area contributed by atoms with Crippen LogP contribution in [0.15, 0.2) is 72.1 Å². The van der Waals surface area contributed by atoms with Crippen LogP contribution in [0, 0.1) is 17.8 Å². The second-order valence-corrected chi connectivity index (χ2v) is 9.73. The van der Waals surface area contributed by atoms with Crippen LogP contribution in [0.5, 0.6) is 0 Å². The SMILES string of the molecule is CC(NC(=O)c1c(N)nc2cccnn12)c1cc2nccc(C#CC3C=NN(C)C3C)c2nc1-c1ccccc1. The molecule has 0 saturated carbocycles. The molecule has 1 aliphatic rings. The molecule has 3 N–H and O–H groups in total. The second-order valence-electron chi connectivity index (χ2n) is 9.73. The maximum atomic E-state index is 13.4. The fourth-order valence-electron chi connectivity index (χ4n) is 4.76. The van der Waals surface area contributed by atoms with Crippen LogP contribution < -0.4 is 11.1 Å². The zero-order chi connectivity index (χ0) is 27.8. The molecular formula is C30H27N9O. The first-order chi connectivity index (χ1) is 19.4. The Kier molecular flexibility index (Phi) is 6.32. The lowest BCUT2D eigenvalue weighted by Gasteiger charge is -2.19. The van der Waals surface area contributed by atoms with E-state index in [0.717, 1.165) is 22.4 Å². The van der Waals surface area contributed by atoms with Crippen LogP contribution in [0.25, 0.3) is 27.9 Å². The van der Waals surface area contributed by atoms with Crippen molar-refractivity contribution in [3.05, 3.63) is 83.8 Å². The number of nitrogens with two attached hydrogens (primary N) is 1.